The molecule has 0 saturated heterocycles. The van der Waals surface area contributed by atoms with E-state index >= 15 is 0 Å². The van der Waals surface area contributed by atoms with E-state index in [2.05, 4.69) is 19.0 Å². The van der Waals surface area contributed by atoms with Crippen LogP contribution in [0, 0.1) is 0 Å². The molecule has 0 aromatic carbocycles. The Labute approximate surface area is 97.4 Å². The molecule has 0 atom stereocenters. The molecule has 0 spiro atoms. The van der Waals surface area contributed by atoms with Gasteiger partial charge in [-0.1, -0.05) is 0 Å². The van der Waals surface area contributed by atoms with Gasteiger partial charge >= 0.3 is 0 Å². The predicted octanol–water partition coefficient (Wildman–Crippen LogP) is 1.56. The molecule has 1 amide bonds. The number of nitrogens with zero attached hydrogens (tertiary/aromatic N) is 2. The molecule has 3 nitrogen and oxygen atoms in total. The normalized spacial score (nSPS) is 26.7. The number of alkyl halides is 1. The van der Waals surface area contributed by atoms with Crippen LogP contribution in [0.25, 0.3) is 0 Å². The van der Waals surface area contributed by atoms with Gasteiger partial charge in [-0.25, -0.2) is 0 Å². The molecule has 0 aromatic rings. The highest BCUT2D eigenvalue weighted by Crippen LogP contribution is 2.24. The van der Waals surface area contributed by atoms with Gasteiger partial charge in [0, 0.05) is 19.1 Å². The van der Waals surface area contributed by atoms with Crippen LogP contribution in [0.1, 0.15) is 25.7 Å². The summed E-state index contributed by atoms with van der Waals surface area (Å²) in [4.78, 5) is 15.5. The van der Waals surface area contributed by atoms with Crippen molar-refractivity contribution in [2.45, 2.75) is 37.8 Å². The van der Waals surface area contributed by atoms with Gasteiger partial charge < -0.3 is 9.80 Å². The van der Waals surface area contributed by atoms with Crippen molar-refractivity contribution >= 4 is 17.5 Å². The minimum Gasteiger partial charge on any atom is -0.342 e. The molecule has 1 aliphatic rings. The van der Waals surface area contributed by atoms with Crippen molar-refractivity contribution in [3.05, 3.63) is 0 Å². The van der Waals surface area contributed by atoms with Gasteiger partial charge in [-0.3, -0.25) is 4.79 Å². The minimum absolute atomic E-state index is 0.0463. The van der Waals surface area contributed by atoms with Crippen LogP contribution < -0.4 is 0 Å². The molecule has 15 heavy (non-hydrogen) atoms. The zero-order chi connectivity index (χ0) is 11.4. The maximum Gasteiger partial charge on any atom is 0.237 e. The molecule has 0 N–H and O–H groups in total. The zero-order valence-electron chi connectivity index (χ0n) is 9.87. The second-order valence-corrected chi connectivity index (χ2v) is 4.83. The molecule has 1 rings (SSSR count). The number of amides is 1. The largest absolute Gasteiger partial charge is 0.342 e. The number of hydrogen-bond donors (Lipinski definition) is 0. The van der Waals surface area contributed by atoms with E-state index in [1.54, 1.807) is 0 Å². The van der Waals surface area contributed by atoms with Crippen LogP contribution in [0.4, 0.5) is 0 Å². The number of rotatable bonds is 3. The van der Waals surface area contributed by atoms with Crippen LogP contribution in [0.3, 0.4) is 0 Å². The summed E-state index contributed by atoms with van der Waals surface area (Å²) in [5.41, 5.74) is 0. The summed E-state index contributed by atoms with van der Waals surface area (Å²) in [7, 11) is 6.11. The molecule has 0 radical (unpaired) electrons. The fraction of sp³-hybridized carbons (Fsp3) is 0.909. The summed E-state index contributed by atoms with van der Waals surface area (Å²) in [6.45, 7) is 0. The van der Waals surface area contributed by atoms with Crippen LogP contribution in [-0.2, 0) is 4.79 Å². The quantitative estimate of drug-likeness (QED) is 0.690. The Bertz CT molecular complexity index is 213. The van der Waals surface area contributed by atoms with Crippen molar-refractivity contribution < 1.29 is 4.79 Å². The van der Waals surface area contributed by atoms with Crippen molar-refractivity contribution in [2.24, 2.45) is 0 Å². The molecule has 0 aliphatic heterocycles. The van der Waals surface area contributed by atoms with Gasteiger partial charge in [0.1, 0.15) is 5.88 Å². The molecule has 1 saturated carbocycles. The number of carbonyl (C=O) groups excluding carboxylic acids is 1. The summed E-state index contributed by atoms with van der Waals surface area (Å²) in [6, 6.07) is 1.08. The topological polar surface area (TPSA) is 23.6 Å². The predicted molar refractivity (Wildman–Crippen MR) is 63.2 cm³/mol. The van der Waals surface area contributed by atoms with Crippen LogP contribution in [0.5, 0.6) is 0 Å². The lowest BCUT2D eigenvalue weighted by molar-refractivity contribution is -0.130. The van der Waals surface area contributed by atoms with Crippen LogP contribution >= 0.6 is 11.6 Å². The average Bonchev–Trinajstić information content (AvgIpc) is 2.27. The molecular weight excluding hydrogens is 212 g/mol. The van der Waals surface area contributed by atoms with Gasteiger partial charge in [0.25, 0.3) is 0 Å². The van der Waals surface area contributed by atoms with E-state index in [1.807, 2.05) is 11.9 Å². The van der Waals surface area contributed by atoms with Gasteiger partial charge in [-0.15, -0.1) is 11.6 Å². The van der Waals surface area contributed by atoms with E-state index in [4.69, 9.17) is 11.6 Å². The molecule has 1 aliphatic carbocycles. The Morgan fingerprint density at radius 2 is 1.60 bits per heavy atom. The standard InChI is InChI=1S/C11H21ClN2O/c1-13(2)9-4-6-10(7-5-9)14(3)11(15)8-12/h9-10H,4-8H2,1-3H3. The lowest BCUT2D eigenvalue weighted by Crippen LogP contribution is -2.43. The van der Waals surface area contributed by atoms with E-state index in [0.29, 0.717) is 12.1 Å². The Kier molecular flexibility index (Phi) is 4.87. The lowest BCUT2D eigenvalue weighted by atomic mass is 9.90. The maximum atomic E-state index is 11.4. The number of halogens is 1. The lowest BCUT2D eigenvalue weighted by Gasteiger charge is -2.36. The highest BCUT2D eigenvalue weighted by molar-refractivity contribution is 6.27. The summed E-state index contributed by atoms with van der Waals surface area (Å²) in [6.07, 6.45) is 4.55. The Hall–Kier alpha value is -0.280. The Morgan fingerprint density at radius 1 is 1.13 bits per heavy atom. The number of carbonyl (C=O) groups is 1. The fourth-order valence-electron chi connectivity index (χ4n) is 2.26. The van der Waals surface area contributed by atoms with Crippen molar-refractivity contribution in [2.75, 3.05) is 27.0 Å². The second kappa shape index (κ2) is 5.71. The first-order chi connectivity index (χ1) is 7.06. The van der Waals surface area contributed by atoms with Gasteiger partial charge in [0.2, 0.25) is 5.91 Å². The van der Waals surface area contributed by atoms with Crippen molar-refractivity contribution in [1.82, 2.24) is 9.80 Å². The monoisotopic (exact) mass is 232 g/mol. The van der Waals surface area contributed by atoms with E-state index in [9.17, 15) is 4.79 Å². The van der Waals surface area contributed by atoms with Crippen molar-refractivity contribution in [1.29, 1.82) is 0 Å². The molecule has 0 heterocycles. The van der Waals surface area contributed by atoms with Crippen LogP contribution in [0.2, 0.25) is 0 Å². The van der Waals surface area contributed by atoms with Gasteiger partial charge in [-0.05, 0) is 39.8 Å². The van der Waals surface area contributed by atoms with Crippen LogP contribution in [-0.4, -0.2) is 54.8 Å². The average molecular weight is 233 g/mol. The van der Waals surface area contributed by atoms with Crippen molar-refractivity contribution in [3.8, 4) is 0 Å². The maximum absolute atomic E-state index is 11.4. The van der Waals surface area contributed by atoms with Crippen LogP contribution in [0.15, 0.2) is 0 Å². The highest BCUT2D eigenvalue weighted by Gasteiger charge is 2.26. The Morgan fingerprint density at radius 3 is 2.00 bits per heavy atom. The first-order valence-electron chi connectivity index (χ1n) is 5.54. The summed E-state index contributed by atoms with van der Waals surface area (Å²) < 4.78 is 0. The minimum atomic E-state index is 0.0463. The highest BCUT2D eigenvalue weighted by atomic mass is 35.5. The molecule has 0 unspecified atom stereocenters. The summed E-state index contributed by atoms with van der Waals surface area (Å²) in [5.74, 6) is 0.148. The van der Waals surface area contributed by atoms with Gasteiger partial charge in [0.05, 0.1) is 0 Å². The molecule has 88 valence electrons. The van der Waals surface area contributed by atoms with Gasteiger partial charge in [0.15, 0.2) is 0 Å². The van der Waals surface area contributed by atoms with E-state index in [-0.39, 0.29) is 11.8 Å². The fourth-order valence-corrected chi connectivity index (χ4v) is 2.45. The smallest absolute Gasteiger partial charge is 0.237 e. The molecule has 4 heteroatoms. The third-order valence-electron chi connectivity index (χ3n) is 3.45. The SMILES string of the molecule is CN(C)C1CCC(N(C)C(=O)CCl)CC1. The van der Waals surface area contributed by atoms with Crippen molar-refractivity contribution in [3.63, 3.8) is 0 Å². The summed E-state index contributed by atoms with van der Waals surface area (Å²) in [5, 5.41) is 0. The molecule has 0 bridgehead atoms. The zero-order valence-corrected chi connectivity index (χ0v) is 10.6. The first kappa shape index (κ1) is 12.8. The third-order valence-corrected chi connectivity index (χ3v) is 3.68. The van der Waals surface area contributed by atoms with E-state index < -0.39 is 0 Å². The number of hydrogen-bond acceptors (Lipinski definition) is 2. The van der Waals surface area contributed by atoms with Gasteiger partial charge in [-0.2, -0.15) is 0 Å². The third kappa shape index (κ3) is 3.35. The second-order valence-electron chi connectivity index (χ2n) is 4.56. The van der Waals surface area contributed by atoms with E-state index in [0.717, 1.165) is 12.8 Å². The van der Waals surface area contributed by atoms with E-state index in [1.165, 1.54) is 12.8 Å². The molecule has 0 aromatic heterocycles. The summed E-state index contributed by atoms with van der Waals surface area (Å²) >= 11 is 5.55. The first-order valence-corrected chi connectivity index (χ1v) is 6.07. The Balaban J connectivity index is 2.40. The molecule has 1 fully saturated rings. The molecular formula is C11H21ClN2O.